The zero-order valence-electron chi connectivity index (χ0n) is 14.5. The van der Waals surface area contributed by atoms with Crippen LogP contribution in [0, 0.1) is 10.1 Å². The summed E-state index contributed by atoms with van der Waals surface area (Å²) in [6, 6.07) is 9.88. The molecule has 0 saturated carbocycles. The van der Waals surface area contributed by atoms with E-state index in [2.05, 4.69) is 15.3 Å². The Morgan fingerprint density at radius 2 is 2.07 bits per heavy atom. The number of pyridine rings is 1. The Bertz CT molecular complexity index is 928. The lowest BCUT2D eigenvalue weighted by Crippen LogP contribution is -2.30. The second-order valence-corrected chi connectivity index (χ2v) is 7.14. The predicted octanol–water partition coefficient (Wildman–Crippen LogP) is 2.97. The summed E-state index contributed by atoms with van der Waals surface area (Å²) in [5.41, 5.74) is 0.956. The minimum Gasteiger partial charge on any atom is -0.351 e. The molecule has 27 heavy (non-hydrogen) atoms. The van der Waals surface area contributed by atoms with Crippen molar-refractivity contribution in [3.05, 3.63) is 77.0 Å². The third-order valence-corrected chi connectivity index (χ3v) is 4.89. The van der Waals surface area contributed by atoms with Crippen LogP contribution in [0.15, 0.2) is 66.2 Å². The average Bonchev–Trinajstić information content (AvgIpc) is 3.21. The minimum atomic E-state index is -0.447. The highest BCUT2D eigenvalue weighted by atomic mass is 32.2. The van der Waals surface area contributed by atoms with Crippen molar-refractivity contribution >= 4 is 23.4 Å². The van der Waals surface area contributed by atoms with Gasteiger partial charge in [-0.1, -0.05) is 0 Å². The van der Waals surface area contributed by atoms with Crippen LogP contribution in [0.25, 0.3) is 5.82 Å². The number of non-ortho nitro benzene ring substituents is 1. The van der Waals surface area contributed by atoms with E-state index >= 15 is 0 Å². The van der Waals surface area contributed by atoms with E-state index in [1.165, 1.54) is 23.9 Å². The van der Waals surface area contributed by atoms with Crippen molar-refractivity contribution in [2.45, 2.75) is 23.6 Å². The van der Waals surface area contributed by atoms with Crippen molar-refractivity contribution in [3.63, 3.8) is 0 Å². The molecule has 1 N–H and O–H groups in total. The molecule has 1 amide bonds. The van der Waals surface area contributed by atoms with E-state index in [1.807, 2.05) is 12.1 Å². The van der Waals surface area contributed by atoms with Crippen molar-refractivity contribution < 1.29 is 9.72 Å². The van der Waals surface area contributed by atoms with Crippen molar-refractivity contribution in [2.75, 3.05) is 0 Å². The van der Waals surface area contributed by atoms with Gasteiger partial charge in [-0.3, -0.25) is 19.5 Å². The summed E-state index contributed by atoms with van der Waals surface area (Å²) in [7, 11) is 0. The SMILES string of the molecule is CC(Sc1ccc([N+](=O)[O-])cc1)C(=O)NCc1ccnc(-n2ccnc2)c1. The van der Waals surface area contributed by atoms with Crippen LogP contribution in [0.2, 0.25) is 0 Å². The summed E-state index contributed by atoms with van der Waals surface area (Å²) in [5.74, 6) is 0.617. The fourth-order valence-corrected chi connectivity index (χ4v) is 3.24. The number of hydrogen-bond donors (Lipinski definition) is 1. The molecule has 1 atom stereocenters. The molecule has 0 aliphatic carbocycles. The van der Waals surface area contributed by atoms with Crippen LogP contribution < -0.4 is 5.32 Å². The van der Waals surface area contributed by atoms with Gasteiger partial charge in [0.25, 0.3) is 5.69 Å². The molecule has 2 heterocycles. The second kappa shape index (κ2) is 8.45. The fraction of sp³-hybridized carbons (Fsp3) is 0.167. The number of carbonyl (C=O) groups is 1. The van der Waals surface area contributed by atoms with Crippen molar-refractivity contribution in [1.82, 2.24) is 19.9 Å². The molecule has 0 spiro atoms. The first-order chi connectivity index (χ1) is 13.0. The third-order valence-electron chi connectivity index (χ3n) is 3.78. The van der Waals surface area contributed by atoms with Crippen molar-refractivity contribution in [1.29, 1.82) is 0 Å². The minimum absolute atomic E-state index is 0.0304. The predicted molar refractivity (Wildman–Crippen MR) is 102 cm³/mol. The topological polar surface area (TPSA) is 103 Å². The van der Waals surface area contributed by atoms with Crippen LogP contribution in [0.1, 0.15) is 12.5 Å². The molecule has 1 unspecified atom stereocenters. The van der Waals surface area contributed by atoms with Gasteiger partial charge in [-0.25, -0.2) is 9.97 Å². The summed E-state index contributed by atoms with van der Waals surface area (Å²) in [6.45, 7) is 2.18. The van der Waals surface area contributed by atoms with Gasteiger partial charge in [-0.15, -0.1) is 11.8 Å². The molecular weight excluding hydrogens is 366 g/mol. The number of aromatic nitrogens is 3. The molecule has 0 bridgehead atoms. The van der Waals surface area contributed by atoms with Crippen molar-refractivity contribution in [3.8, 4) is 5.82 Å². The lowest BCUT2D eigenvalue weighted by atomic mass is 10.2. The van der Waals surface area contributed by atoms with Gasteiger partial charge < -0.3 is 5.32 Å². The Balaban J connectivity index is 1.55. The van der Waals surface area contributed by atoms with Gasteiger partial charge >= 0.3 is 0 Å². The number of nitrogens with zero attached hydrogens (tertiary/aromatic N) is 4. The molecule has 0 aliphatic heterocycles. The average molecular weight is 383 g/mol. The van der Waals surface area contributed by atoms with Crippen LogP contribution in [-0.4, -0.2) is 30.6 Å². The van der Waals surface area contributed by atoms with Gasteiger partial charge in [-0.2, -0.15) is 0 Å². The molecule has 0 fully saturated rings. The zero-order chi connectivity index (χ0) is 19.2. The number of nitro groups is 1. The number of carbonyl (C=O) groups excluding carboxylic acids is 1. The molecule has 0 radical (unpaired) electrons. The highest BCUT2D eigenvalue weighted by Crippen LogP contribution is 2.25. The normalized spacial score (nSPS) is 11.7. The number of rotatable bonds is 7. The maximum Gasteiger partial charge on any atom is 0.269 e. The van der Waals surface area contributed by atoms with E-state index in [9.17, 15) is 14.9 Å². The van der Waals surface area contributed by atoms with Gasteiger partial charge in [0.2, 0.25) is 5.91 Å². The molecule has 2 aromatic heterocycles. The number of nitro benzene ring substituents is 1. The third kappa shape index (κ3) is 4.91. The number of thioether (sulfide) groups is 1. The van der Waals surface area contributed by atoms with E-state index in [1.54, 1.807) is 48.5 Å². The van der Waals surface area contributed by atoms with Gasteiger partial charge in [-0.05, 0) is 36.8 Å². The van der Waals surface area contributed by atoms with Gasteiger partial charge in [0.05, 0.1) is 10.2 Å². The molecule has 0 saturated heterocycles. The Morgan fingerprint density at radius 3 is 2.74 bits per heavy atom. The Kier molecular flexibility index (Phi) is 5.82. The van der Waals surface area contributed by atoms with E-state index in [-0.39, 0.29) is 16.8 Å². The molecule has 138 valence electrons. The number of imidazole rings is 1. The molecule has 8 nitrogen and oxygen atoms in total. The molecule has 9 heteroatoms. The summed E-state index contributed by atoms with van der Waals surface area (Å²) in [6.07, 6.45) is 6.82. The van der Waals surface area contributed by atoms with E-state index < -0.39 is 4.92 Å². The second-order valence-electron chi connectivity index (χ2n) is 5.72. The maximum atomic E-state index is 12.3. The fourth-order valence-electron chi connectivity index (χ4n) is 2.34. The summed E-state index contributed by atoms with van der Waals surface area (Å²) >= 11 is 1.35. The Hall–Kier alpha value is -3.20. The lowest BCUT2D eigenvalue weighted by molar-refractivity contribution is -0.384. The number of hydrogen-bond acceptors (Lipinski definition) is 6. The van der Waals surface area contributed by atoms with Crippen LogP contribution in [0.4, 0.5) is 5.69 Å². The Labute approximate surface area is 159 Å². The largest absolute Gasteiger partial charge is 0.351 e. The summed E-state index contributed by atoms with van der Waals surface area (Å²) < 4.78 is 1.79. The van der Waals surface area contributed by atoms with E-state index in [0.29, 0.717) is 6.54 Å². The summed E-state index contributed by atoms with van der Waals surface area (Å²) in [5, 5.41) is 13.3. The zero-order valence-corrected chi connectivity index (χ0v) is 15.3. The molecule has 3 aromatic rings. The smallest absolute Gasteiger partial charge is 0.269 e. The highest BCUT2D eigenvalue weighted by Gasteiger charge is 2.15. The molecular formula is C18H17N5O3S. The van der Waals surface area contributed by atoms with Gasteiger partial charge in [0, 0.05) is 42.2 Å². The first kappa shape index (κ1) is 18.6. The van der Waals surface area contributed by atoms with E-state index in [4.69, 9.17) is 0 Å². The lowest BCUT2D eigenvalue weighted by Gasteiger charge is -2.12. The monoisotopic (exact) mass is 383 g/mol. The summed E-state index contributed by atoms with van der Waals surface area (Å²) in [4.78, 5) is 31.7. The number of benzene rings is 1. The van der Waals surface area contributed by atoms with Crippen LogP contribution in [0.5, 0.6) is 0 Å². The van der Waals surface area contributed by atoms with Crippen molar-refractivity contribution in [2.24, 2.45) is 0 Å². The molecule has 3 rings (SSSR count). The molecule has 0 aliphatic rings. The van der Waals surface area contributed by atoms with Crippen LogP contribution >= 0.6 is 11.8 Å². The van der Waals surface area contributed by atoms with Gasteiger partial charge in [0.1, 0.15) is 12.1 Å². The number of nitrogens with one attached hydrogen (secondary N) is 1. The van der Waals surface area contributed by atoms with Crippen LogP contribution in [0.3, 0.4) is 0 Å². The van der Waals surface area contributed by atoms with Gasteiger partial charge in [0.15, 0.2) is 0 Å². The van der Waals surface area contributed by atoms with Crippen LogP contribution in [-0.2, 0) is 11.3 Å². The standard InChI is InChI=1S/C18H17N5O3S/c1-13(27-16-4-2-15(3-5-16)23(25)26)18(24)21-11-14-6-7-20-17(10-14)22-9-8-19-12-22/h2-10,12-13H,11H2,1H3,(H,21,24). The molecule has 1 aromatic carbocycles. The Morgan fingerprint density at radius 1 is 1.30 bits per heavy atom. The first-order valence-corrected chi connectivity index (χ1v) is 9.03. The quantitative estimate of drug-likeness (QED) is 0.382. The number of amides is 1. The first-order valence-electron chi connectivity index (χ1n) is 8.15. The van der Waals surface area contributed by atoms with E-state index in [0.717, 1.165) is 16.3 Å². The maximum absolute atomic E-state index is 12.3. The highest BCUT2D eigenvalue weighted by molar-refractivity contribution is 8.00.